The van der Waals surface area contributed by atoms with Crippen molar-refractivity contribution in [3.63, 3.8) is 0 Å². The van der Waals surface area contributed by atoms with Gasteiger partial charge in [0.25, 0.3) is 17.7 Å². The third kappa shape index (κ3) is 4.98. The second-order valence-corrected chi connectivity index (χ2v) is 8.63. The zero-order valence-corrected chi connectivity index (χ0v) is 20.4. The van der Waals surface area contributed by atoms with E-state index in [1.807, 2.05) is 48.5 Å². The lowest BCUT2D eigenvalue weighted by molar-refractivity contribution is -0.117. The fourth-order valence-corrected chi connectivity index (χ4v) is 4.12. The van der Waals surface area contributed by atoms with Gasteiger partial charge in [-0.3, -0.25) is 19.1 Å². The maximum Gasteiger partial charge on any atom is 0.273 e. The molecule has 184 valence electrons. The van der Waals surface area contributed by atoms with Crippen LogP contribution in [0.25, 0.3) is 0 Å². The van der Waals surface area contributed by atoms with E-state index in [1.54, 1.807) is 37.4 Å². The highest BCUT2D eigenvalue weighted by molar-refractivity contribution is 6.34. The van der Waals surface area contributed by atoms with Gasteiger partial charge in [-0.05, 0) is 18.2 Å². The number of halogens is 1. The summed E-state index contributed by atoms with van der Waals surface area (Å²) in [5.74, 6) is -1.29. The van der Waals surface area contributed by atoms with Crippen LogP contribution in [-0.4, -0.2) is 39.4 Å². The molecule has 0 saturated heterocycles. The molecule has 1 atom stereocenters. The molecule has 1 aliphatic heterocycles. The van der Waals surface area contributed by atoms with Gasteiger partial charge in [0, 0.05) is 24.2 Å². The van der Waals surface area contributed by atoms with E-state index in [4.69, 9.17) is 11.6 Å². The predicted octanol–water partition coefficient (Wildman–Crippen LogP) is 3.87. The van der Waals surface area contributed by atoms with Gasteiger partial charge in [0.15, 0.2) is 5.69 Å². The number of carbonyl (C=O) groups excluding carboxylic acids is 3. The molecular weight excluding hydrogens is 492 g/mol. The van der Waals surface area contributed by atoms with Crippen LogP contribution in [0.2, 0.25) is 5.02 Å². The van der Waals surface area contributed by atoms with Gasteiger partial charge in [0.05, 0.1) is 22.0 Å². The van der Waals surface area contributed by atoms with Crippen LogP contribution in [0.3, 0.4) is 0 Å². The molecule has 10 heteroatoms. The minimum atomic E-state index is -1.21. The highest BCUT2D eigenvalue weighted by atomic mass is 35.5. The Morgan fingerprint density at radius 3 is 2.43 bits per heavy atom. The average molecular weight is 513 g/mol. The number of benzodiazepines with no additional fused rings is 1. The first-order valence-corrected chi connectivity index (χ1v) is 11.7. The molecule has 1 aliphatic rings. The van der Waals surface area contributed by atoms with Crippen molar-refractivity contribution in [1.29, 1.82) is 0 Å². The Labute approximate surface area is 217 Å². The van der Waals surface area contributed by atoms with Crippen molar-refractivity contribution in [2.45, 2.75) is 6.17 Å². The van der Waals surface area contributed by atoms with Crippen molar-refractivity contribution >= 4 is 46.5 Å². The maximum atomic E-state index is 13.1. The number of amides is 3. The van der Waals surface area contributed by atoms with E-state index in [2.05, 4.69) is 26.0 Å². The van der Waals surface area contributed by atoms with Gasteiger partial charge in [-0.15, -0.1) is 0 Å². The summed E-state index contributed by atoms with van der Waals surface area (Å²) in [4.78, 5) is 43.3. The zero-order chi connectivity index (χ0) is 25.9. The summed E-state index contributed by atoms with van der Waals surface area (Å²) in [7, 11) is 1.58. The van der Waals surface area contributed by atoms with Crippen LogP contribution < -0.4 is 16.0 Å². The number of aryl methyl sites for hydroxylation is 1. The van der Waals surface area contributed by atoms with Crippen LogP contribution in [0.5, 0.6) is 0 Å². The van der Waals surface area contributed by atoms with E-state index in [9.17, 15) is 14.4 Å². The molecule has 0 radical (unpaired) electrons. The second-order valence-electron chi connectivity index (χ2n) is 8.23. The standard InChI is InChI=1S/C27H21ClN6O3/c1-34-22(30-25(35)17-11-5-7-13-19(17)28)15-21(33-34)26(36)32-24-27(37)29-20-14-8-6-12-18(20)23(31-24)16-9-3-2-4-10-16/h2-15,24H,1H3,(H,29,37)(H,30,35)(H,32,36). The summed E-state index contributed by atoms with van der Waals surface area (Å²) in [5.41, 5.74) is 2.98. The Hall–Kier alpha value is -4.76. The third-order valence-electron chi connectivity index (χ3n) is 5.73. The number of aromatic nitrogens is 2. The molecular formula is C27H21ClN6O3. The number of hydrogen-bond acceptors (Lipinski definition) is 5. The number of hydrogen-bond donors (Lipinski definition) is 3. The van der Waals surface area contributed by atoms with Crippen molar-refractivity contribution in [2.24, 2.45) is 12.0 Å². The first-order chi connectivity index (χ1) is 17.9. The van der Waals surface area contributed by atoms with Gasteiger partial charge in [-0.1, -0.05) is 72.3 Å². The van der Waals surface area contributed by atoms with Crippen LogP contribution in [0.4, 0.5) is 11.5 Å². The molecule has 37 heavy (non-hydrogen) atoms. The molecule has 3 aromatic carbocycles. The first-order valence-electron chi connectivity index (χ1n) is 11.3. The molecule has 3 N–H and O–H groups in total. The van der Waals surface area contributed by atoms with E-state index in [0.29, 0.717) is 16.4 Å². The van der Waals surface area contributed by atoms with E-state index in [0.717, 1.165) is 11.1 Å². The summed E-state index contributed by atoms with van der Waals surface area (Å²) in [6.07, 6.45) is -1.21. The molecule has 0 spiro atoms. The number of nitrogens with one attached hydrogen (secondary N) is 3. The van der Waals surface area contributed by atoms with E-state index < -0.39 is 23.9 Å². The Kier molecular flexibility index (Phi) is 6.53. The Balaban J connectivity index is 1.40. The molecule has 4 aromatic rings. The summed E-state index contributed by atoms with van der Waals surface area (Å²) >= 11 is 6.11. The number of nitrogens with zero attached hydrogens (tertiary/aromatic N) is 3. The van der Waals surface area contributed by atoms with Crippen molar-refractivity contribution in [3.8, 4) is 0 Å². The number of anilines is 2. The number of fused-ring (bicyclic) bond motifs is 1. The van der Waals surface area contributed by atoms with Gasteiger partial charge >= 0.3 is 0 Å². The molecule has 0 aliphatic carbocycles. The van der Waals surface area contributed by atoms with Crippen LogP contribution in [0, 0.1) is 0 Å². The lowest BCUT2D eigenvalue weighted by Crippen LogP contribution is -2.42. The molecule has 1 unspecified atom stereocenters. The minimum absolute atomic E-state index is 0.00276. The van der Waals surface area contributed by atoms with Gasteiger partial charge in [-0.25, -0.2) is 4.99 Å². The van der Waals surface area contributed by atoms with Crippen molar-refractivity contribution < 1.29 is 14.4 Å². The Bertz CT molecular complexity index is 1550. The lowest BCUT2D eigenvalue weighted by Gasteiger charge is -2.12. The number of para-hydroxylation sites is 1. The first kappa shape index (κ1) is 24.0. The predicted molar refractivity (Wildman–Crippen MR) is 141 cm³/mol. The van der Waals surface area contributed by atoms with Crippen LogP contribution in [-0.2, 0) is 11.8 Å². The summed E-state index contributed by atoms with van der Waals surface area (Å²) in [6, 6.07) is 24.7. The minimum Gasteiger partial charge on any atom is -0.322 e. The van der Waals surface area contributed by atoms with Gasteiger partial charge in [0.1, 0.15) is 5.82 Å². The lowest BCUT2D eigenvalue weighted by atomic mass is 10.0. The summed E-state index contributed by atoms with van der Waals surface area (Å²) in [6.45, 7) is 0. The van der Waals surface area contributed by atoms with Crippen molar-refractivity contribution in [3.05, 3.63) is 112 Å². The normalized spacial score (nSPS) is 14.6. The molecule has 0 bridgehead atoms. The summed E-state index contributed by atoms with van der Waals surface area (Å²) in [5, 5.41) is 12.7. The topological polar surface area (TPSA) is 117 Å². The number of benzene rings is 3. The quantitative estimate of drug-likeness (QED) is 0.376. The highest BCUT2D eigenvalue weighted by Gasteiger charge is 2.28. The molecule has 3 amide bonds. The molecule has 0 fully saturated rings. The molecule has 9 nitrogen and oxygen atoms in total. The molecule has 5 rings (SSSR count). The highest BCUT2D eigenvalue weighted by Crippen LogP contribution is 2.24. The molecule has 1 aromatic heterocycles. The maximum absolute atomic E-state index is 13.1. The largest absolute Gasteiger partial charge is 0.322 e. The number of rotatable bonds is 5. The molecule has 0 saturated carbocycles. The van der Waals surface area contributed by atoms with Gasteiger partial charge in [0.2, 0.25) is 6.17 Å². The van der Waals surface area contributed by atoms with Crippen molar-refractivity contribution in [2.75, 3.05) is 10.6 Å². The van der Waals surface area contributed by atoms with Crippen molar-refractivity contribution in [1.82, 2.24) is 15.1 Å². The van der Waals surface area contributed by atoms with Gasteiger partial charge in [-0.2, -0.15) is 5.10 Å². The van der Waals surface area contributed by atoms with E-state index in [-0.39, 0.29) is 17.1 Å². The van der Waals surface area contributed by atoms with Gasteiger partial charge < -0.3 is 16.0 Å². The Morgan fingerprint density at radius 2 is 1.65 bits per heavy atom. The van der Waals surface area contributed by atoms with E-state index in [1.165, 1.54) is 10.7 Å². The molecule has 2 heterocycles. The number of aliphatic imine (C=N–C) groups is 1. The zero-order valence-electron chi connectivity index (χ0n) is 19.6. The number of carbonyl (C=O) groups is 3. The Morgan fingerprint density at radius 1 is 0.946 bits per heavy atom. The fraction of sp³-hybridized carbons (Fsp3) is 0.0741. The second kappa shape index (κ2) is 10.1. The van der Waals surface area contributed by atoms with Crippen LogP contribution in [0.1, 0.15) is 32.0 Å². The monoisotopic (exact) mass is 512 g/mol. The van der Waals surface area contributed by atoms with Crippen LogP contribution >= 0.6 is 11.6 Å². The fourth-order valence-electron chi connectivity index (χ4n) is 3.90. The smallest absolute Gasteiger partial charge is 0.273 e. The third-order valence-corrected chi connectivity index (χ3v) is 6.06. The SMILES string of the molecule is Cn1nc(C(=O)NC2N=C(c3ccccc3)c3ccccc3NC2=O)cc1NC(=O)c1ccccc1Cl. The summed E-state index contributed by atoms with van der Waals surface area (Å²) < 4.78 is 1.35. The average Bonchev–Trinajstić information content (AvgIpc) is 3.20. The van der Waals surface area contributed by atoms with Crippen LogP contribution in [0.15, 0.2) is 89.9 Å². The van der Waals surface area contributed by atoms with E-state index >= 15 is 0 Å².